The lowest BCUT2D eigenvalue weighted by atomic mass is 10.1. The van der Waals surface area contributed by atoms with Crippen LogP contribution in [0.15, 0.2) is 23.9 Å². The number of sulfonamides is 1. The fourth-order valence-electron chi connectivity index (χ4n) is 3.17. The molecule has 2 heterocycles. The van der Waals surface area contributed by atoms with Crippen molar-refractivity contribution in [1.82, 2.24) is 19.4 Å². The second kappa shape index (κ2) is 6.45. The molecule has 1 aliphatic heterocycles. The summed E-state index contributed by atoms with van der Waals surface area (Å²) in [4.78, 5) is 14.7. The van der Waals surface area contributed by atoms with Crippen LogP contribution in [0.5, 0.6) is 0 Å². The Bertz CT molecular complexity index is 723. The van der Waals surface area contributed by atoms with E-state index in [1.165, 1.54) is 0 Å². The number of aromatic nitrogens is 2. The van der Waals surface area contributed by atoms with Gasteiger partial charge in [-0.2, -0.15) is 5.10 Å². The van der Waals surface area contributed by atoms with Crippen molar-refractivity contribution < 1.29 is 13.2 Å². The van der Waals surface area contributed by atoms with E-state index >= 15 is 0 Å². The van der Waals surface area contributed by atoms with E-state index in [-0.39, 0.29) is 18.5 Å². The zero-order valence-corrected chi connectivity index (χ0v) is 14.1. The van der Waals surface area contributed by atoms with Gasteiger partial charge in [0.25, 0.3) is 0 Å². The van der Waals surface area contributed by atoms with Crippen molar-refractivity contribution in [3.05, 3.63) is 29.6 Å². The highest BCUT2D eigenvalue weighted by molar-refractivity contribution is 7.88. The van der Waals surface area contributed by atoms with E-state index in [9.17, 15) is 13.2 Å². The summed E-state index contributed by atoms with van der Waals surface area (Å²) in [5.41, 5.74) is 1.83. The zero-order chi connectivity index (χ0) is 16.4. The highest BCUT2D eigenvalue weighted by Gasteiger charge is 2.30. The van der Waals surface area contributed by atoms with Crippen LogP contribution in [-0.2, 0) is 27.9 Å². The van der Waals surface area contributed by atoms with Crippen molar-refractivity contribution >= 4 is 15.9 Å². The minimum atomic E-state index is -3.28. The SMILES string of the molecule is CS(=O)(=O)NC[C@@H]1CCn2nccc2CN1C(=O)C1=CCCC1. The Labute approximate surface area is 136 Å². The van der Waals surface area contributed by atoms with E-state index in [1.54, 1.807) is 11.1 Å². The molecule has 1 amide bonds. The summed E-state index contributed by atoms with van der Waals surface area (Å²) in [6.07, 6.45) is 8.32. The predicted octanol–water partition coefficient (Wildman–Crippen LogP) is 0.643. The molecule has 0 saturated carbocycles. The Morgan fingerprint density at radius 1 is 1.48 bits per heavy atom. The van der Waals surface area contributed by atoms with Gasteiger partial charge in [0, 0.05) is 30.9 Å². The summed E-state index contributed by atoms with van der Waals surface area (Å²) in [6, 6.07) is 1.75. The number of aryl methyl sites for hydroxylation is 1. The molecule has 0 unspecified atom stereocenters. The summed E-state index contributed by atoms with van der Waals surface area (Å²) in [5.74, 6) is 0.0254. The van der Waals surface area contributed by atoms with Crippen LogP contribution in [0.1, 0.15) is 31.4 Å². The molecule has 0 radical (unpaired) electrons. The monoisotopic (exact) mass is 338 g/mol. The average molecular weight is 338 g/mol. The van der Waals surface area contributed by atoms with Crippen LogP contribution in [0.25, 0.3) is 0 Å². The van der Waals surface area contributed by atoms with Crippen molar-refractivity contribution in [1.29, 1.82) is 0 Å². The molecule has 0 aromatic carbocycles. The van der Waals surface area contributed by atoms with E-state index < -0.39 is 10.0 Å². The van der Waals surface area contributed by atoms with Gasteiger partial charge in [0.15, 0.2) is 0 Å². The number of hydrogen-bond donors (Lipinski definition) is 1. The van der Waals surface area contributed by atoms with E-state index in [0.717, 1.165) is 36.8 Å². The maximum Gasteiger partial charge on any atom is 0.250 e. The van der Waals surface area contributed by atoms with Gasteiger partial charge < -0.3 is 4.90 Å². The van der Waals surface area contributed by atoms with Gasteiger partial charge in [-0.3, -0.25) is 9.48 Å². The van der Waals surface area contributed by atoms with Crippen molar-refractivity contribution in [3.8, 4) is 0 Å². The second-order valence-corrected chi connectivity index (χ2v) is 8.00. The lowest BCUT2D eigenvalue weighted by Crippen LogP contribution is -2.46. The molecule has 1 N–H and O–H groups in total. The summed E-state index contributed by atoms with van der Waals surface area (Å²) >= 11 is 0. The van der Waals surface area contributed by atoms with Crippen molar-refractivity contribution in [2.45, 2.75) is 44.8 Å². The standard InChI is InChI=1S/C15H22N4O3S/c1-23(21,22)17-10-13-7-9-19-14(6-8-16-19)11-18(13)15(20)12-4-2-3-5-12/h4,6,8,13,17H,2-3,5,7,9-11H2,1H3/t13-/m0/s1. The smallest absolute Gasteiger partial charge is 0.250 e. The first kappa shape index (κ1) is 16.2. The first-order valence-electron chi connectivity index (χ1n) is 7.89. The molecule has 7 nitrogen and oxygen atoms in total. The largest absolute Gasteiger partial charge is 0.329 e. The quantitative estimate of drug-likeness (QED) is 0.873. The molecule has 2 aliphatic rings. The zero-order valence-electron chi connectivity index (χ0n) is 13.2. The maximum absolute atomic E-state index is 12.9. The maximum atomic E-state index is 12.9. The summed E-state index contributed by atoms with van der Waals surface area (Å²) in [7, 11) is -3.28. The van der Waals surface area contributed by atoms with Gasteiger partial charge in [-0.15, -0.1) is 0 Å². The fraction of sp³-hybridized carbons (Fsp3) is 0.600. The van der Waals surface area contributed by atoms with E-state index in [0.29, 0.717) is 19.5 Å². The van der Waals surface area contributed by atoms with Crippen LogP contribution in [0.4, 0.5) is 0 Å². The molecule has 1 aromatic rings. The Hall–Kier alpha value is -1.67. The topological polar surface area (TPSA) is 84.3 Å². The molecule has 0 bridgehead atoms. The fourth-order valence-corrected chi connectivity index (χ4v) is 3.67. The normalized spacial score (nSPS) is 21.7. The molecule has 3 rings (SSSR count). The highest BCUT2D eigenvalue weighted by Crippen LogP contribution is 2.24. The van der Waals surface area contributed by atoms with Gasteiger partial charge in [0.05, 0.1) is 18.5 Å². The third-order valence-electron chi connectivity index (χ3n) is 4.41. The average Bonchev–Trinajstić information content (AvgIpc) is 3.13. The molecule has 0 saturated heterocycles. The molecule has 23 heavy (non-hydrogen) atoms. The van der Waals surface area contributed by atoms with E-state index in [1.807, 2.05) is 16.8 Å². The number of nitrogens with zero attached hydrogens (tertiary/aromatic N) is 3. The predicted molar refractivity (Wildman–Crippen MR) is 86.0 cm³/mol. The number of nitrogens with one attached hydrogen (secondary N) is 1. The van der Waals surface area contributed by atoms with Crippen molar-refractivity contribution in [2.24, 2.45) is 0 Å². The van der Waals surface area contributed by atoms with Gasteiger partial charge in [0.1, 0.15) is 0 Å². The van der Waals surface area contributed by atoms with Crippen LogP contribution in [0.2, 0.25) is 0 Å². The van der Waals surface area contributed by atoms with Gasteiger partial charge in [-0.25, -0.2) is 13.1 Å². The Balaban J connectivity index is 1.83. The molecule has 8 heteroatoms. The number of hydrogen-bond acceptors (Lipinski definition) is 4. The minimum absolute atomic E-state index is 0.0254. The van der Waals surface area contributed by atoms with Crippen LogP contribution in [-0.4, -0.2) is 47.8 Å². The van der Waals surface area contributed by atoms with Crippen molar-refractivity contribution in [2.75, 3.05) is 12.8 Å². The Kier molecular flexibility index (Phi) is 4.54. The molecule has 1 atom stereocenters. The van der Waals surface area contributed by atoms with Gasteiger partial charge in [-0.1, -0.05) is 6.08 Å². The van der Waals surface area contributed by atoms with E-state index in [4.69, 9.17) is 0 Å². The molecular formula is C15H22N4O3S. The number of carbonyl (C=O) groups excluding carboxylic acids is 1. The lowest BCUT2D eigenvalue weighted by Gasteiger charge is -2.30. The van der Waals surface area contributed by atoms with Crippen LogP contribution < -0.4 is 4.72 Å². The van der Waals surface area contributed by atoms with Gasteiger partial charge in [-0.05, 0) is 31.7 Å². The summed E-state index contributed by atoms with van der Waals surface area (Å²) < 4.78 is 27.3. The highest BCUT2D eigenvalue weighted by atomic mass is 32.2. The molecule has 1 aromatic heterocycles. The number of fused-ring (bicyclic) bond motifs is 1. The minimum Gasteiger partial charge on any atom is -0.329 e. The third kappa shape index (κ3) is 3.81. The Morgan fingerprint density at radius 2 is 2.30 bits per heavy atom. The summed E-state index contributed by atoms with van der Waals surface area (Å²) in [6.45, 7) is 1.39. The first-order valence-corrected chi connectivity index (χ1v) is 9.78. The number of amides is 1. The lowest BCUT2D eigenvalue weighted by molar-refractivity contribution is -0.130. The molecule has 126 valence electrons. The number of rotatable bonds is 4. The second-order valence-electron chi connectivity index (χ2n) is 6.16. The summed E-state index contributed by atoms with van der Waals surface area (Å²) in [5, 5.41) is 4.28. The molecule has 1 aliphatic carbocycles. The van der Waals surface area contributed by atoms with E-state index in [2.05, 4.69) is 9.82 Å². The van der Waals surface area contributed by atoms with Crippen LogP contribution in [0.3, 0.4) is 0 Å². The Morgan fingerprint density at radius 3 is 3.00 bits per heavy atom. The first-order chi connectivity index (χ1) is 10.9. The molecular weight excluding hydrogens is 316 g/mol. The molecule has 0 fully saturated rings. The van der Waals surface area contributed by atoms with Gasteiger partial charge in [0.2, 0.25) is 15.9 Å². The van der Waals surface area contributed by atoms with Crippen molar-refractivity contribution in [3.63, 3.8) is 0 Å². The molecule has 0 spiro atoms. The third-order valence-corrected chi connectivity index (χ3v) is 5.10. The number of allylic oxidation sites excluding steroid dienone is 1. The van der Waals surface area contributed by atoms with Crippen LogP contribution >= 0.6 is 0 Å². The number of carbonyl (C=O) groups is 1. The van der Waals surface area contributed by atoms with Crippen LogP contribution in [0, 0.1) is 0 Å². The van der Waals surface area contributed by atoms with Gasteiger partial charge >= 0.3 is 0 Å².